The van der Waals surface area contributed by atoms with E-state index in [4.69, 9.17) is 11.6 Å². The Hall–Kier alpha value is -0.770. The molecule has 0 aromatic heterocycles. The number of benzene rings is 1. The van der Waals surface area contributed by atoms with E-state index in [2.05, 4.69) is 17.6 Å². The third-order valence-corrected chi connectivity index (χ3v) is 4.21. The van der Waals surface area contributed by atoms with Gasteiger partial charge in [0.1, 0.15) is 0 Å². The Balaban J connectivity index is 0.00000220. The van der Waals surface area contributed by atoms with Gasteiger partial charge < -0.3 is 10.6 Å². The molecule has 1 saturated heterocycles. The van der Waals surface area contributed by atoms with E-state index in [1.807, 2.05) is 38.1 Å². The highest BCUT2D eigenvalue weighted by Crippen LogP contribution is 2.25. The number of piperidine rings is 1. The summed E-state index contributed by atoms with van der Waals surface area (Å²) in [5.41, 5.74) is 0.621. The van der Waals surface area contributed by atoms with Crippen molar-refractivity contribution < 1.29 is 4.79 Å². The van der Waals surface area contributed by atoms with Gasteiger partial charge in [-0.15, -0.1) is 12.4 Å². The van der Waals surface area contributed by atoms with Gasteiger partial charge in [0.05, 0.1) is 5.54 Å². The van der Waals surface area contributed by atoms with Crippen LogP contribution in [0.25, 0.3) is 0 Å². The van der Waals surface area contributed by atoms with Crippen LogP contribution in [-0.4, -0.2) is 18.5 Å². The van der Waals surface area contributed by atoms with Crippen LogP contribution in [0.3, 0.4) is 0 Å². The van der Waals surface area contributed by atoms with Gasteiger partial charge in [-0.3, -0.25) is 4.79 Å². The predicted octanol–water partition coefficient (Wildman–Crippen LogP) is 3.50. The first kappa shape index (κ1) is 18.3. The molecule has 21 heavy (non-hydrogen) atoms. The Morgan fingerprint density at radius 3 is 2.76 bits per heavy atom. The molecule has 1 aliphatic rings. The number of hydrogen-bond donors (Lipinski definition) is 2. The Kier molecular flexibility index (Phi) is 6.51. The van der Waals surface area contributed by atoms with Gasteiger partial charge >= 0.3 is 0 Å². The normalized spacial score (nSPS) is 22.3. The molecule has 0 bridgehead atoms. The number of carbonyl (C=O) groups excluding carboxylic acids is 1. The molecule has 0 spiro atoms. The summed E-state index contributed by atoms with van der Waals surface area (Å²) in [7, 11) is 0. The summed E-state index contributed by atoms with van der Waals surface area (Å²) >= 11 is 6.03. The van der Waals surface area contributed by atoms with E-state index in [0.29, 0.717) is 11.1 Å². The number of halogens is 2. The SMILES string of the molecule is C[C@H]1C[C@@H](C(=O)NC(C)(C)c2cccc(Cl)c2)CCN1.Cl. The molecule has 1 heterocycles. The Morgan fingerprint density at radius 1 is 1.43 bits per heavy atom. The van der Waals surface area contributed by atoms with Crippen LogP contribution < -0.4 is 10.6 Å². The minimum Gasteiger partial charge on any atom is -0.347 e. The molecule has 3 nitrogen and oxygen atoms in total. The van der Waals surface area contributed by atoms with E-state index >= 15 is 0 Å². The van der Waals surface area contributed by atoms with Crippen molar-refractivity contribution in [2.24, 2.45) is 5.92 Å². The van der Waals surface area contributed by atoms with Crippen molar-refractivity contribution in [3.63, 3.8) is 0 Å². The predicted molar refractivity (Wildman–Crippen MR) is 90.1 cm³/mol. The van der Waals surface area contributed by atoms with E-state index in [0.717, 1.165) is 24.9 Å². The van der Waals surface area contributed by atoms with Gasteiger partial charge in [-0.05, 0) is 57.9 Å². The van der Waals surface area contributed by atoms with Crippen molar-refractivity contribution in [3.05, 3.63) is 34.9 Å². The van der Waals surface area contributed by atoms with Crippen molar-refractivity contribution >= 4 is 29.9 Å². The summed E-state index contributed by atoms with van der Waals surface area (Å²) in [6.45, 7) is 7.07. The zero-order valence-corrected chi connectivity index (χ0v) is 14.4. The third kappa shape index (κ3) is 4.87. The van der Waals surface area contributed by atoms with Gasteiger partial charge in [0, 0.05) is 17.0 Å². The summed E-state index contributed by atoms with van der Waals surface area (Å²) in [6.07, 6.45) is 1.80. The molecule has 2 rings (SSSR count). The van der Waals surface area contributed by atoms with Gasteiger partial charge in [-0.25, -0.2) is 0 Å². The van der Waals surface area contributed by atoms with E-state index in [1.165, 1.54) is 0 Å². The van der Waals surface area contributed by atoms with E-state index in [-0.39, 0.29) is 24.2 Å². The molecule has 1 aromatic rings. The van der Waals surface area contributed by atoms with Crippen molar-refractivity contribution in [2.45, 2.75) is 45.2 Å². The Morgan fingerprint density at radius 2 is 2.14 bits per heavy atom. The van der Waals surface area contributed by atoms with Gasteiger partial charge in [-0.1, -0.05) is 23.7 Å². The molecule has 5 heteroatoms. The zero-order chi connectivity index (χ0) is 14.8. The lowest BCUT2D eigenvalue weighted by Crippen LogP contribution is -2.48. The number of hydrogen-bond acceptors (Lipinski definition) is 2. The molecule has 1 amide bonds. The van der Waals surface area contributed by atoms with Crippen LogP contribution >= 0.6 is 24.0 Å². The summed E-state index contributed by atoms with van der Waals surface area (Å²) in [5, 5.41) is 7.23. The summed E-state index contributed by atoms with van der Waals surface area (Å²) in [5.74, 6) is 0.244. The summed E-state index contributed by atoms with van der Waals surface area (Å²) in [6, 6.07) is 8.08. The lowest BCUT2D eigenvalue weighted by atomic mass is 9.89. The second-order valence-electron chi connectivity index (χ2n) is 6.20. The first-order chi connectivity index (χ1) is 9.38. The monoisotopic (exact) mass is 330 g/mol. The maximum absolute atomic E-state index is 12.4. The van der Waals surface area contributed by atoms with Crippen LogP contribution in [0.1, 0.15) is 39.2 Å². The Labute approximate surface area is 138 Å². The zero-order valence-electron chi connectivity index (χ0n) is 12.8. The average Bonchev–Trinajstić information content (AvgIpc) is 2.38. The number of carbonyl (C=O) groups is 1. The highest BCUT2D eigenvalue weighted by atomic mass is 35.5. The molecule has 0 radical (unpaired) electrons. The van der Waals surface area contributed by atoms with Crippen LogP contribution in [0.5, 0.6) is 0 Å². The van der Waals surface area contributed by atoms with E-state index < -0.39 is 5.54 Å². The maximum Gasteiger partial charge on any atom is 0.223 e. The molecule has 1 fully saturated rings. The minimum absolute atomic E-state index is 0. The largest absolute Gasteiger partial charge is 0.347 e. The van der Waals surface area contributed by atoms with Crippen molar-refractivity contribution in [2.75, 3.05) is 6.54 Å². The van der Waals surface area contributed by atoms with Crippen molar-refractivity contribution in [1.82, 2.24) is 10.6 Å². The van der Waals surface area contributed by atoms with Gasteiger partial charge in [0.15, 0.2) is 0 Å². The average molecular weight is 331 g/mol. The fourth-order valence-electron chi connectivity index (χ4n) is 2.73. The molecule has 0 unspecified atom stereocenters. The number of nitrogens with one attached hydrogen (secondary N) is 2. The quantitative estimate of drug-likeness (QED) is 0.890. The lowest BCUT2D eigenvalue weighted by molar-refractivity contribution is -0.127. The highest BCUT2D eigenvalue weighted by molar-refractivity contribution is 6.30. The molecule has 1 aliphatic heterocycles. The molecule has 118 valence electrons. The van der Waals surface area contributed by atoms with E-state index in [9.17, 15) is 4.79 Å². The van der Waals surface area contributed by atoms with Gasteiger partial charge in [0.2, 0.25) is 5.91 Å². The summed E-state index contributed by atoms with van der Waals surface area (Å²) in [4.78, 5) is 12.4. The summed E-state index contributed by atoms with van der Waals surface area (Å²) < 4.78 is 0. The smallest absolute Gasteiger partial charge is 0.223 e. The molecule has 0 aliphatic carbocycles. The first-order valence-electron chi connectivity index (χ1n) is 7.20. The number of amides is 1. The van der Waals surface area contributed by atoms with Gasteiger partial charge in [-0.2, -0.15) is 0 Å². The van der Waals surface area contributed by atoms with Crippen LogP contribution in [0.2, 0.25) is 5.02 Å². The van der Waals surface area contributed by atoms with Crippen molar-refractivity contribution in [1.29, 1.82) is 0 Å². The fraction of sp³-hybridized carbons (Fsp3) is 0.562. The minimum atomic E-state index is -0.407. The fourth-order valence-corrected chi connectivity index (χ4v) is 2.92. The molecule has 0 saturated carbocycles. The topological polar surface area (TPSA) is 41.1 Å². The van der Waals surface area contributed by atoms with Crippen LogP contribution in [0.15, 0.2) is 24.3 Å². The molecular weight excluding hydrogens is 307 g/mol. The standard InChI is InChI=1S/C16H23ClN2O.ClH/c1-11-9-12(7-8-18-11)15(20)19-16(2,3)13-5-4-6-14(17)10-13;/h4-6,10-12,18H,7-9H2,1-3H3,(H,19,20);1H/t11-,12-;/m0./s1. The second kappa shape index (κ2) is 7.48. The molecule has 2 atom stereocenters. The lowest BCUT2D eigenvalue weighted by Gasteiger charge is -2.32. The molecule has 1 aromatic carbocycles. The Bertz CT molecular complexity index is 491. The van der Waals surface area contributed by atoms with Gasteiger partial charge in [0.25, 0.3) is 0 Å². The molecule has 2 N–H and O–H groups in total. The number of rotatable bonds is 3. The highest BCUT2D eigenvalue weighted by Gasteiger charge is 2.29. The van der Waals surface area contributed by atoms with Crippen LogP contribution in [0, 0.1) is 5.92 Å². The second-order valence-corrected chi connectivity index (χ2v) is 6.64. The van der Waals surface area contributed by atoms with E-state index in [1.54, 1.807) is 0 Å². The molecular formula is C16H24Cl2N2O. The van der Waals surface area contributed by atoms with Crippen LogP contribution in [-0.2, 0) is 10.3 Å². The third-order valence-electron chi connectivity index (χ3n) is 3.98. The first-order valence-corrected chi connectivity index (χ1v) is 7.58. The van der Waals surface area contributed by atoms with Crippen LogP contribution in [0.4, 0.5) is 0 Å². The maximum atomic E-state index is 12.4. The van der Waals surface area contributed by atoms with Crippen molar-refractivity contribution in [3.8, 4) is 0 Å².